The summed E-state index contributed by atoms with van der Waals surface area (Å²) in [5.74, 6) is 0.294. The topological polar surface area (TPSA) is 79.8 Å². The summed E-state index contributed by atoms with van der Waals surface area (Å²) in [7, 11) is 2.95. The second-order valence-electron chi connectivity index (χ2n) is 5.83. The van der Waals surface area contributed by atoms with Gasteiger partial charge < -0.3 is 5.32 Å². The van der Waals surface area contributed by atoms with Crippen LogP contribution >= 0.6 is 0 Å². The van der Waals surface area contributed by atoms with Gasteiger partial charge in [-0.1, -0.05) is 24.3 Å². The maximum absolute atomic E-state index is 12.2. The van der Waals surface area contributed by atoms with Gasteiger partial charge in [-0.05, 0) is 30.4 Å². The van der Waals surface area contributed by atoms with E-state index in [1.54, 1.807) is 7.05 Å². The number of rotatable bonds is 2. The Morgan fingerprint density at radius 1 is 1.22 bits per heavy atom. The predicted molar refractivity (Wildman–Crippen MR) is 87.4 cm³/mol. The van der Waals surface area contributed by atoms with Crippen LogP contribution < -0.4 is 16.6 Å². The van der Waals surface area contributed by atoms with Gasteiger partial charge in [0.05, 0.1) is 6.04 Å². The molecule has 6 nitrogen and oxygen atoms in total. The van der Waals surface area contributed by atoms with Gasteiger partial charge in [-0.25, -0.2) is 4.79 Å². The van der Waals surface area contributed by atoms with E-state index in [0.29, 0.717) is 5.82 Å². The molecule has 1 aromatic heterocycles. The SMILES string of the molecule is Cn1c(N[C@H]2CCCc3ccccc32)c(C#N)c(=O)n(C)c1=O. The minimum Gasteiger partial charge on any atom is -0.363 e. The van der Waals surface area contributed by atoms with Gasteiger partial charge >= 0.3 is 5.69 Å². The van der Waals surface area contributed by atoms with Crippen LogP contribution in [0.25, 0.3) is 0 Å². The third-order valence-electron chi connectivity index (χ3n) is 4.46. The normalized spacial score (nSPS) is 16.5. The Bertz CT molecular complexity index is 918. The van der Waals surface area contributed by atoms with Gasteiger partial charge in [0.1, 0.15) is 11.9 Å². The number of hydrogen-bond donors (Lipinski definition) is 1. The lowest BCUT2D eigenvalue weighted by Crippen LogP contribution is -2.40. The number of benzene rings is 1. The van der Waals surface area contributed by atoms with E-state index in [0.717, 1.165) is 29.4 Å². The molecule has 0 aliphatic heterocycles. The molecule has 23 heavy (non-hydrogen) atoms. The highest BCUT2D eigenvalue weighted by Crippen LogP contribution is 2.32. The van der Waals surface area contributed by atoms with Crippen LogP contribution in [0.3, 0.4) is 0 Å². The molecule has 1 atom stereocenters. The maximum atomic E-state index is 12.2. The number of hydrogen-bond acceptors (Lipinski definition) is 4. The van der Waals surface area contributed by atoms with Crippen LogP contribution in [0.4, 0.5) is 5.82 Å². The summed E-state index contributed by atoms with van der Waals surface area (Å²) in [6.07, 6.45) is 2.94. The zero-order valence-corrected chi connectivity index (χ0v) is 13.2. The first-order chi connectivity index (χ1) is 11.0. The molecule has 1 heterocycles. The third-order valence-corrected chi connectivity index (χ3v) is 4.46. The third kappa shape index (κ3) is 2.44. The van der Waals surface area contributed by atoms with E-state index in [1.165, 1.54) is 17.2 Å². The number of nitrogens with zero attached hydrogens (tertiary/aromatic N) is 3. The molecule has 0 fully saturated rings. The van der Waals surface area contributed by atoms with Crippen molar-refractivity contribution in [3.63, 3.8) is 0 Å². The van der Waals surface area contributed by atoms with Gasteiger partial charge in [0.15, 0.2) is 5.56 Å². The van der Waals surface area contributed by atoms with Gasteiger partial charge in [-0.2, -0.15) is 5.26 Å². The lowest BCUT2D eigenvalue weighted by Gasteiger charge is -2.28. The van der Waals surface area contributed by atoms with E-state index < -0.39 is 11.2 Å². The fourth-order valence-electron chi connectivity index (χ4n) is 3.18. The number of aryl methyl sites for hydroxylation is 1. The Hall–Kier alpha value is -2.81. The number of anilines is 1. The molecule has 1 aliphatic carbocycles. The Balaban J connectivity index is 2.11. The summed E-state index contributed by atoms with van der Waals surface area (Å²) in [6.45, 7) is 0. The zero-order valence-electron chi connectivity index (χ0n) is 13.2. The van der Waals surface area contributed by atoms with Crippen molar-refractivity contribution in [1.29, 1.82) is 5.26 Å². The number of fused-ring (bicyclic) bond motifs is 1. The van der Waals surface area contributed by atoms with Crippen molar-refractivity contribution in [3.05, 3.63) is 61.8 Å². The molecule has 118 valence electrons. The molecule has 1 aromatic carbocycles. The predicted octanol–water partition coefficient (Wildman–Crippen LogP) is 1.45. The van der Waals surface area contributed by atoms with Crippen LogP contribution in [0.15, 0.2) is 33.9 Å². The molecule has 2 aromatic rings. The molecule has 0 bridgehead atoms. The molecule has 3 rings (SSSR count). The highest BCUT2D eigenvalue weighted by atomic mass is 16.2. The summed E-state index contributed by atoms with van der Waals surface area (Å²) < 4.78 is 2.29. The van der Waals surface area contributed by atoms with Crippen molar-refractivity contribution < 1.29 is 0 Å². The lowest BCUT2D eigenvalue weighted by atomic mass is 9.87. The first kappa shape index (κ1) is 15.1. The van der Waals surface area contributed by atoms with Crippen LogP contribution in [-0.2, 0) is 20.5 Å². The van der Waals surface area contributed by atoms with E-state index in [9.17, 15) is 14.9 Å². The summed E-state index contributed by atoms with van der Waals surface area (Å²) in [4.78, 5) is 24.3. The van der Waals surface area contributed by atoms with Crippen molar-refractivity contribution in [2.45, 2.75) is 25.3 Å². The van der Waals surface area contributed by atoms with Crippen LogP contribution in [0.5, 0.6) is 0 Å². The van der Waals surface area contributed by atoms with Gasteiger partial charge in [-0.3, -0.25) is 13.9 Å². The largest absolute Gasteiger partial charge is 0.363 e. The molecule has 0 amide bonds. The van der Waals surface area contributed by atoms with E-state index in [4.69, 9.17) is 0 Å². The smallest absolute Gasteiger partial charge is 0.332 e. The molecule has 0 unspecified atom stereocenters. The molecule has 0 saturated heterocycles. The number of nitriles is 1. The number of nitrogens with one attached hydrogen (secondary N) is 1. The highest BCUT2D eigenvalue weighted by molar-refractivity contribution is 5.53. The van der Waals surface area contributed by atoms with Crippen LogP contribution in [-0.4, -0.2) is 9.13 Å². The first-order valence-electron chi connectivity index (χ1n) is 7.59. The summed E-state index contributed by atoms with van der Waals surface area (Å²) >= 11 is 0. The first-order valence-corrected chi connectivity index (χ1v) is 7.59. The second-order valence-corrected chi connectivity index (χ2v) is 5.83. The monoisotopic (exact) mass is 310 g/mol. The maximum Gasteiger partial charge on any atom is 0.332 e. The molecular formula is C17H18N4O2. The van der Waals surface area contributed by atoms with E-state index >= 15 is 0 Å². The highest BCUT2D eigenvalue weighted by Gasteiger charge is 2.23. The average Bonchev–Trinajstić information content (AvgIpc) is 2.58. The van der Waals surface area contributed by atoms with E-state index in [1.807, 2.05) is 18.2 Å². The van der Waals surface area contributed by atoms with Crippen molar-refractivity contribution >= 4 is 5.82 Å². The van der Waals surface area contributed by atoms with E-state index in [2.05, 4.69) is 17.4 Å². The van der Waals surface area contributed by atoms with Gasteiger partial charge in [-0.15, -0.1) is 0 Å². The van der Waals surface area contributed by atoms with Crippen LogP contribution in [0.2, 0.25) is 0 Å². The Morgan fingerprint density at radius 3 is 2.70 bits per heavy atom. The Labute approximate surface area is 133 Å². The Kier molecular flexibility index (Phi) is 3.78. The van der Waals surface area contributed by atoms with Gasteiger partial charge in [0.25, 0.3) is 5.56 Å². The minimum absolute atomic E-state index is 0.00949. The summed E-state index contributed by atoms with van der Waals surface area (Å²) in [6, 6.07) is 10.1. The average molecular weight is 310 g/mol. The van der Waals surface area contributed by atoms with Gasteiger partial charge in [0, 0.05) is 14.1 Å². The fourth-order valence-corrected chi connectivity index (χ4v) is 3.18. The van der Waals surface area contributed by atoms with Crippen LogP contribution in [0.1, 0.15) is 35.6 Å². The minimum atomic E-state index is -0.567. The molecular weight excluding hydrogens is 292 g/mol. The zero-order chi connectivity index (χ0) is 16.6. The van der Waals surface area contributed by atoms with Crippen molar-refractivity contribution in [2.75, 3.05) is 5.32 Å². The molecule has 1 aliphatic rings. The molecule has 0 radical (unpaired) electrons. The van der Waals surface area contributed by atoms with Crippen LogP contribution in [0, 0.1) is 11.3 Å². The van der Waals surface area contributed by atoms with E-state index in [-0.39, 0.29) is 11.6 Å². The number of aromatic nitrogens is 2. The molecule has 0 saturated carbocycles. The second kappa shape index (κ2) is 5.76. The summed E-state index contributed by atoms with van der Waals surface area (Å²) in [5.41, 5.74) is 1.39. The lowest BCUT2D eigenvalue weighted by molar-refractivity contribution is 0.588. The van der Waals surface area contributed by atoms with Crippen molar-refractivity contribution in [1.82, 2.24) is 9.13 Å². The molecule has 6 heteroatoms. The fraction of sp³-hybridized carbons (Fsp3) is 0.353. The van der Waals surface area contributed by atoms with Crippen molar-refractivity contribution in [2.24, 2.45) is 14.1 Å². The Morgan fingerprint density at radius 2 is 1.96 bits per heavy atom. The quantitative estimate of drug-likeness (QED) is 0.910. The van der Waals surface area contributed by atoms with Gasteiger partial charge in [0.2, 0.25) is 0 Å². The standard InChI is InChI=1S/C17H18N4O2/c1-20-15(13(10-18)16(22)21(2)17(20)23)19-14-9-5-7-11-6-3-4-8-12(11)14/h3-4,6,8,14,19H,5,7,9H2,1-2H3/t14-/m0/s1. The molecule has 0 spiro atoms. The summed E-state index contributed by atoms with van der Waals surface area (Å²) in [5, 5.41) is 12.6. The molecule has 1 N–H and O–H groups in total. The van der Waals surface area contributed by atoms with Crippen molar-refractivity contribution in [3.8, 4) is 6.07 Å².